The molecule has 0 spiro atoms. The van der Waals surface area contributed by atoms with E-state index in [0.29, 0.717) is 22.5 Å². The number of nitrogens with zero attached hydrogens (tertiary/aromatic N) is 5. The molecule has 3 heterocycles. The molecular weight excluding hydrogens is 373 g/mol. The van der Waals surface area contributed by atoms with Gasteiger partial charge in [0, 0.05) is 25.0 Å². The number of halogens is 1. The lowest BCUT2D eigenvalue weighted by atomic mass is 10.2. The van der Waals surface area contributed by atoms with Crippen molar-refractivity contribution in [2.75, 3.05) is 0 Å². The average molecular weight is 397 g/mol. The van der Waals surface area contributed by atoms with Crippen molar-refractivity contribution < 1.29 is 4.39 Å². The fraction of sp³-hybridized carbons (Fsp3) is 0.381. The van der Waals surface area contributed by atoms with E-state index < -0.39 is 11.2 Å². The molecule has 4 aromatic rings. The Balaban J connectivity index is 2.00. The molecule has 7 nitrogen and oxygen atoms in total. The first-order valence-electron chi connectivity index (χ1n) is 9.77. The molecule has 0 atom stereocenters. The van der Waals surface area contributed by atoms with Crippen LogP contribution in [-0.2, 0) is 20.1 Å². The van der Waals surface area contributed by atoms with Crippen LogP contribution < -0.4 is 11.2 Å². The van der Waals surface area contributed by atoms with Crippen LogP contribution in [0.3, 0.4) is 0 Å². The molecule has 0 saturated heterocycles. The van der Waals surface area contributed by atoms with Crippen molar-refractivity contribution in [2.24, 2.45) is 7.05 Å². The Labute approximate surface area is 166 Å². The Morgan fingerprint density at radius 1 is 1.03 bits per heavy atom. The van der Waals surface area contributed by atoms with E-state index in [1.165, 1.54) is 21.3 Å². The number of benzene rings is 1. The lowest BCUT2D eigenvalue weighted by molar-refractivity contribution is 0.623. The normalized spacial score (nSPS) is 11.8. The number of unbranched alkanes of at least 4 members (excludes halogenated alkanes) is 1. The highest BCUT2D eigenvalue weighted by Crippen LogP contribution is 2.21. The molecule has 0 radical (unpaired) electrons. The number of aromatic nitrogens is 5. The Bertz CT molecular complexity index is 1340. The van der Waals surface area contributed by atoms with Crippen LogP contribution in [0.15, 0.2) is 33.9 Å². The Hall–Kier alpha value is -3.16. The van der Waals surface area contributed by atoms with Crippen LogP contribution in [0.2, 0.25) is 0 Å². The summed E-state index contributed by atoms with van der Waals surface area (Å²) in [5.74, 6) is 0.316. The van der Waals surface area contributed by atoms with Gasteiger partial charge in [-0.05, 0) is 38.0 Å². The second-order valence-electron chi connectivity index (χ2n) is 7.45. The molecule has 3 aromatic heterocycles. The summed E-state index contributed by atoms with van der Waals surface area (Å²) in [6, 6.07) is 5.80. The van der Waals surface area contributed by atoms with Gasteiger partial charge in [0.2, 0.25) is 5.78 Å². The van der Waals surface area contributed by atoms with Crippen molar-refractivity contribution in [1.29, 1.82) is 0 Å². The van der Waals surface area contributed by atoms with Gasteiger partial charge in [0.15, 0.2) is 11.2 Å². The maximum Gasteiger partial charge on any atom is 0.332 e. The predicted octanol–water partition coefficient (Wildman–Crippen LogP) is 2.75. The summed E-state index contributed by atoms with van der Waals surface area (Å²) in [6.07, 6.45) is 2.05. The van der Waals surface area contributed by atoms with E-state index in [2.05, 4.69) is 16.5 Å². The maximum absolute atomic E-state index is 13.3. The third kappa shape index (κ3) is 2.90. The Kier molecular flexibility index (Phi) is 4.64. The zero-order chi connectivity index (χ0) is 20.9. The van der Waals surface area contributed by atoms with Crippen molar-refractivity contribution >= 4 is 16.9 Å². The van der Waals surface area contributed by atoms with Gasteiger partial charge in [0.1, 0.15) is 5.82 Å². The van der Waals surface area contributed by atoms with E-state index in [1.807, 2.05) is 18.2 Å². The third-order valence-electron chi connectivity index (χ3n) is 5.62. The zero-order valence-electron chi connectivity index (χ0n) is 17.1. The third-order valence-corrected chi connectivity index (χ3v) is 5.62. The molecule has 0 N–H and O–H groups in total. The number of hydrogen-bond acceptors (Lipinski definition) is 3. The summed E-state index contributed by atoms with van der Waals surface area (Å²) < 4.78 is 19.8. The van der Waals surface area contributed by atoms with Gasteiger partial charge in [-0.25, -0.2) is 9.18 Å². The van der Waals surface area contributed by atoms with Crippen molar-refractivity contribution in [3.8, 4) is 0 Å². The Morgan fingerprint density at radius 3 is 2.38 bits per heavy atom. The van der Waals surface area contributed by atoms with Gasteiger partial charge in [-0.3, -0.25) is 18.3 Å². The van der Waals surface area contributed by atoms with E-state index in [9.17, 15) is 14.0 Å². The van der Waals surface area contributed by atoms with E-state index >= 15 is 0 Å². The van der Waals surface area contributed by atoms with Crippen molar-refractivity contribution in [3.05, 3.63) is 67.9 Å². The topological polar surface area (TPSA) is 66.2 Å². The van der Waals surface area contributed by atoms with Crippen LogP contribution in [-0.4, -0.2) is 23.1 Å². The smallest absolute Gasteiger partial charge is 0.314 e. The first-order chi connectivity index (χ1) is 13.8. The molecule has 0 saturated carbocycles. The van der Waals surface area contributed by atoms with Gasteiger partial charge in [0.05, 0.1) is 6.54 Å². The number of imidazole rings is 2. The average Bonchev–Trinajstić information content (AvgIpc) is 3.20. The van der Waals surface area contributed by atoms with Crippen molar-refractivity contribution in [2.45, 2.75) is 46.7 Å². The predicted molar refractivity (Wildman–Crippen MR) is 110 cm³/mol. The zero-order valence-corrected chi connectivity index (χ0v) is 17.1. The number of aryl methyl sites for hydroxylation is 3. The summed E-state index contributed by atoms with van der Waals surface area (Å²) in [6.45, 7) is 6.98. The number of fused-ring (bicyclic) bond motifs is 3. The SMILES string of the molecule is CCCCn1c(C)c(C)n2c3c(=O)n(Cc4ccc(F)cc4)c(=O)n(C)c3nc12. The van der Waals surface area contributed by atoms with E-state index in [4.69, 9.17) is 0 Å². The maximum atomic E-state index is 13.3. The van der Waals surface area contributed by atoms with Crippen LogP contribution in [0.4, 0.5) is 4.39 Å². The van der Waals surface area contributed by atoms with Gasteiger partial charge in [-0.2, -0.15) is 4.98 Å². The molecule has 0 aliphatic carbocycles. The second-order valence-corrected chi connectivity index (χ2v) is 7.45. The molecule has 152 valence electrons. The lowest BCUT2D eigenvalue weighted by Gasteiger charge is -2.09. The molecule has 0 aliphatic rings. The fourth-order valence-corrected chi connectivity index (χ4v) is 3.81. The molecule has 0 amide bonds. The minimum Gasteiger partial charge on any atom is -0.314 e. The van der Waals surface area contributed by atoms with E-state index in [-0.39, 0.29) is 12.4 Å². The van der Waals surface area contributed by atoms with E-state index in [1.54, 1.807) is 19.2 Å². The van der Waals surface area contributed by atoms with Crippen LogP contribution >= 0.6 is 0 Å². The largest absolute Gasteiger partial charge is 0.332 e. The summed E-state index contributed by atoms with van der Waals surface area (Å²) >= 11 is 0. The van der Waals surface area contributed by atoms with Gasteiger partial charge >= 0.3 is 5.69 Å². The quantitative estimate of drug-likeness (QED) is 0.520. The number of hydrogen-bond donors (Lipinski definition) is 0. The standard InChI is InChI=1S/C21H24FN5O2/c1-5-6-11-25-13(2)14(3)27-17-18(23-20(25)27)24(4)21(29)26(19(17)28)12-15-7-9-16(22)10-8-15/h7-10H,5-6,11-12H2,1-4H3. The Morgan fingerprint density at radius 2 is 1.72 bits per heavy atom. The minimum absolute atomic E-state index is 0.0729. The first kappa shape index (κ1) is 19.2. The molecule has 0 bridgehead atoms. The molecule has 8 heteroatoms. The van der Waals surface area contributed by atoms with Gasteiger partial charge < -0.3 is 4.57 Å². The summed E-state index contributed by atoms with van der Waals surface area (Å²) in [7, 11) is 1.62. The van der Waals surface area contributed by atoms with Gasteiger partial charge in [0.25, 0.3) is 5.56 Å². The van der Waals surface area contributed by atoms with Crippen molar-refractivity contribution in [3.63, 3.8) is 0 Å². The molecule has 0 unspecified atom stereocenters. The second kappa shape index (κ2) is 7.02. The molecule has 0 fully saturated rings. The van der Waals surface area contributed by atoms with Gasteiger partial charge in [-0.15, -0.1) is 0 Å². The van der Waals surface area contributed by atoms with Crippen LogP contribution in [0.5, 0.6) is 0 Å². The highest BCUT2D eigenvalue weighted by molar-refractivity contribution is 5.76. The number of rotatable bonds is 5. The van der Waals surface area contributed by atoms with E-state index in [0.717, 1.165) is 30.8 Å². The van der Waals surface area contributed by atoms with Crippen molar-refractivity contribution in [1.82, 2.24) is 23.1 Å². The fourth-order valence-electron chi connectivity index (χ4n) is 3.81. The first-order valence-corrected chi connectivity index (χ1v) is 9.77. The highest BCUT2D eigenvalue weighted by atomic mass is 19.1. The molecule has 1 aromatic carbocycles. The monoisotopic (exact) mass is 397 g/mol. The molecular formula is C21H24FN5O2. The molecule has 4 rings (SSSR count). The molecule has 0 aliphatic heterocycles. The summed E-state index contributed by atoms with van der Waals surface area (Å²) in [4.78, 5) is 30.9. The minimum atomic E-state index is -0.443. The molecule has 29 heavy (non-hydrogen) atoms. The lowest BCUT2D eigenvalue weighted by Crippen LogP contribution is -2.39. The van der Waals surface area contributed by atoms with Crippen LogP contribution in [0, 0.1) is 19.7 Å². The summed E-state index contributed by atoms with van der Waals surface area (Å²) in [5.41, 5.74) is 2.60. The highest BCUT2D eigenvalue weighted by Gasteiger charge is 2.22. The summed E-state index contributed by atoms with van der Waals surface area (Å²) in [5, 5.41) is 0. The van der Waals surface area contributed by atoms with Crippen LogP contribution in [0.25, 0.3) is 16.9 Å². The van der Waals surface area contributed by atoms with Gasteiger partial charge in [-0.1, -0.05) is 25.5 Å². The van der Waals surface area contributed by atoms with Crippen LogP contribution in [0.1, 0.15) is 36.7 Å².